The third-order valence-corrected chi connectivity index (χ3v) is 2.62. The molecule has 0 amide bonds. The molecule has 0 rings (SSSR count). The van der Waals surface area contributed by atoms with Crippen LogP contribution in [0.15, 0.2) is 12.2 Å². The van der Waals surface area contributed by atoms with Crippen LogP contribution in [-0.4, -0.2) is 0 Å². The second-order valence-corrected chi connectivity index (χ2v) is 5.63. The van der Waals surface area contributed by atoms with E-state index in [4.69, 9.17) is 0 Å². The van der Waals surface area contributed by atoms with E-state index in [9.17, 15) is 0 Å². The zero-order valence-corrected chi connectivity index (χ0v) is 10.3. The molecule has 0 aromatic carbocycles. The Morgan fingerprint density at radius 3 is 1.92 bits per heavy atom. The standard InChI is InChI=1S/C13H26/c1-8-11(4)12(10(2)3)9-13(5,6)7/h10,12H,4,8-9H2,1-3,5-7H3. The molecule has 0 aliphatic carbocycles. The fourth-order valence-electron chi connectivity index (χ4n) is 1.77. The molecule has 0 heterocycles. The molecule has 0 saturated heterocycles. The first-order valence-corrected chi connectivity index (χ1v) is 5.45. The van der Waals surface area contributed by atoms with Crippen molar-refractivity contribution in [2.45, 2.75) is 54.4 Å². The van der Waals surface area contributed by atoms with E-state index in [1.54, 1.807) is 0 Å². The second kappa shape index (κ2) is 4.83. The number of allylic oxidation sites excluding steroid dienone is 1. The summed E-state index contributed by atoms with van der Waals surface area (Å²) in [5.74, 6) is 1.43. The van der Waals surface area contributed by atoms with Crippen LogP contribution in [0.3, 0.4) is 0 Å². The summed E-state index contributed by atoms with van der Waals surface area (Å²) in [6, 6.07) is 0. The van der Waals surface area contributed by atoms with Crippen LogP contribution in [0, 0.1) is 17.3 Å². The summed E-state index contributed by atoms with van der Waals surface area (Å²) in [6.45, 7) is 17.9. The molecular formula is C13H26. The fraction of sp³-hybridized carbons (Fsp3) is 0.846. The molecule has 1 atom stereocenters. The number of hydrogen-bond acceptors (Lipinski definition) is 0. The summed E-state index contributed by atoms with van der Waals surface area (Å²) in [6.07, 6.45) is 2.39. The Morgan fingerprint density at radius 2 is 1.69 bits per heavy atom. The molecule has 0 aliphatic rings. The SMILES string of the molecule is C=C(CC)C(CC(C)(C)C)C(C)C. The van der Waals surface area contributed by atoms with Gasteiger partial charge in [-0.2, -0.15) is 0 Å². The van der Waals surface area contributed by atoms with Crippen LogP contribution in [0.5, 0.6) is 0 Å². The average molecular weight is 182 g/mol. The zero-order valence-electron chi connectivity index (χ0n) is 10.3. The third kappa shape index (κ3) is 5.13. The summed E-state index contributed by atoms with van der Waals surface area (Å²) in [4.78, 5) is 0. The minimum atomic E-state index is 0.424. The second-order valence-electron chi connectivity index (χ2n) is 5.63. The lowest BCUT2D eigenvalue weighted by Gasteiger charge is -2.30. The Labute approximate surface area is 84.4 Å². The van der Waals surface area contributed by atoms with Gasteiger partial charge in [0.15, 0.2) is 0 Å². The molecule has 78 valence electrons. The van der Waals surface area contributed by atoms with Gasteiger partial charge in [0.05, 0.1) is 0 Å². The average Bonchev–Trinajstić information content (AvgIpc) is 1.96. The maximum Gasteiger partial charge on any atom is -0.0178 e. The van der Waals surface area contributed by atoms with E-state index in [0.717, 1.165) is 12.3 Å². The van der Waals surface area contributed by atoms with Gasteiger partial charge in [0.1, 0.15) is 0 Å². The summed E-state index contributed by atoms with van der Waals surface area (Å²) in [7, 11) is 0. The number of hydrogen-bond donors (Lipinski definition) is 0. The highest BCUT2D eigenvalue weighted by molar-refractivity contribution is 5.01. The molecule has 0 aromatic rings. The van der Waals surface area contributed by atoms with Crippen LogP contribution < -0.4 is 0 Å². The van der Waals surface area contributed by atoms with Crippen LogP contribution in [0.4, 0.5) is 0 Å². The van der Waals surface area contributed by atoms with Crippen molar-refractivity contribution in [3.63, 3.8) is 0 Å². The van der Waals surface area contributed by atoms with Gasteiger partial charge in [0.2, 0.25) is 0 Å². The van der Waals surface area contributed by atoms with E-state index in [2.05, 4.69) is 48.1 Å². The summed E-state index contributed by atoms with van der Waals surface area (Å²) in [5, 5.41) is 0. The van der Waals surface area contributed by atoms with E-state index < -0.39 is 0 Å². The highest BCUT2D eigenvalue weighted by Gasteiger charge is 2.22. The minimum absolute atomic E-state index is 0.424. The van der Waals surface area contributed by atoms with Crippen molar-refractivity contribution in [1.29, 1.82) is 0 Å². The Kier molecular flexibility index (Phi) is 4.74. The van der Waals surface area contributed by atoms with Crippen molar-refractivity contribution in [1.82, 2.24) is 0 Å². The summed E-state index contributed by atoms with van der Waals surface area (Å²) < 4.78 is 0. The highest BCUT2D eigenvalue weighted by atomic mass is 14.3. The first-order valence-electron chi connectivity index (χ1n) is 5.45. The molecule has 0 spiro atoms. The van der Waals surface area contributed by atoms with Gasteiger partial charge in [-0.1, -0.05) is 53.7 Å². The van der Waals surface area contributed by atoms with Crippen molar-refractivity contribution in [2.24, 2.45) is 17.3 Å². The van der Waals surface area contributed by atoms with Crippen molar-refractivity contribution < 1.29 is 0 Å². The predicted octanol–water partition coefficient (Wildman–Crippen LogP) is 4.66. The molecule has 13 heavy (non-hydrogen) atoms. The van der Waals surface area contributed by atoms with Gasteiger partial charge < -0.3 is 0 Å². The van der Waals surface area contributed by atoms with Crippen LogP contribution >= 0.6 is 0 Å². The Morgan fingerprint density at radius 1 is 1.23 bits per heavy atom. The quantitative estimate of drug-likeness (QED) is 0.555. The van der Waals surface area contributed by atoms with Gasteiger partial charge in [-0.05, 0) is 30.1 Å². The predicted molar refractivity (Wildman–Crippen MR) is 61.8 cm³/mol. The smallest absolute Gasteiger partial charge is 0.0178 e. The first-order chi connectivity index (χ1) is 5.78. The lowest BCUT2D eigenvalue weighted by atomic mass is 9.76. The van der Waals surface area contributed by atoms with Crippen molar-refractivity contribution in [3.8, 4) is 0 Å². The normalized spacial score (nSPS) is 14.7. The van der Waals surface area contributed by atoms with E-state index in [1.807, 2.05) is 0 Å². The van der Waals surface area contributed by atoms with Crippen LogP contribution in [-0.2, 0) is 0 Å². The monoisotopic (exact) mass is 182 g/mol. The van der Waals surface area contributed by atoms with Gasteiger partial charge in [-0.3, -0.25) is 0 Å². The molecular weight excluding hydrogens is 156 g/mol. The topological polar surface area (TPSA) is 0 Å². The number of rotatable bonds is 4. The summed E-state index contributed by atoms with van der Waals surface area (Å²) in [5.41, 5.74) is 1.84. The van der Waals surface area contributed by atoms with E-state index in [0.29, 0.717) is 11.3 Å². The fourth-order valence-corrected chi connectivity index (χ4v) is 1.77. The molecule has 0 aliphatic heterocycles. The van der Waals surface area contributed by atoms with Crippen LogP contribution in [0.1, 0.15) is 54.4 Å². The molecule has 0 N–H and O–H groups in total. The molecule has 0 saturated carbocycles. The molecule has 0 aromatic heterocycles. The molecule has 0 fully saturated rings. The van der Waals surface area contributed by atoms with Gasteiger partial charge in [-0.15, -0.1) is 0 Å². The van der Waals surface area contributed by atoms with Gasteiger partial charge in [-0.25, -0.2) is 0 Å². The van der Waals surface area contributed by atoms with Crippen molar-refractivity contribution in [2.75, 3.05) is 0 Å². The third-order valence-electron chi connectivity index (χ3n) is 2.62. The molecule has 0 heteroatoms. The maximum absolute atomic E-state index is 4.18. The van der Waals surface area contributed by atoms with Crippen LogP contribution in [0.2, 0.25) is 0 Å². The lowest BCUT2D eigenvalue weighted by Crippen LogP contribution is -2.19. The molecule has 0 nitrogen and oxygen atoms in total. The van der Waals surface area contributed by atoms with E-state index in [1.165, 1.54) is 12.0 Å². The Balaban J connectivity index is 4.36. The highest BCUT2D eigenvalue weighted by Crippen LogP contribution is 2.33. The Bertz CT molecular complexity index is 157. The first kappa shape index (κ1) is 12.7. The van der Waals surface area contributed by atoms with Crippen molar-refractivity contribution in [3.05, 3.63) is 12.2 Å². The molecule has 0 bridgehead atoms. The molecule has 0 radical (unpaired) electrons. The minimum Gasteiger partial charge on any atom is -0.0996 e. The Hall–Kier alpha value is -0.260. The van der Waals surface area contributed by atoms with Crippen molar-refractivity contribution >= 4 is 0 Å². The van der Waals surface area contributed by atoms with Gasteiger partial charge in [0, 0.05) is 0 Å². The molecule has 1 unspecified atom stereocenters. The van der Waals surface area contributed by atoms with E-state index in [-0.39, 0.29) is 0 Å². The zero-order chi connectivity index (χ0) is 10.6. The van der Waals surface area contributed by atoms with Gasteiger partial charge >= 0.3 is 0 Å². The maximum atomic E-state index is 4.18. The van der Waals surface area contributed by atoms with E-state index >= 15 is 0 Å². The van der Waals surface area contributed by atoms with Gasteiger partial charge in [0.25, 0.3) is 0 Å². The lowest BCUT2D eigenvalue weighted by molar-refractivity contribution is 0.270. The largest absolute Gasteiger partial charge is 0.0996 e. The van der Waals surface area contributed by atoms with Crippen LogP contribution in [0.25, 0.3) is 0 Å². The summed E-state index contributed by atoms with van der Waals surface area (Å²) >= 11 is 0.